The van der Waals surface area contributed by atoms with Gasteiger partial charge < -0.3 is 70.4 Å². The number of phenols is 9. The molecular weight excluding hydrogens is 688 g/mol. The molecule has 52 heavy (non-hydrogen) atoms. The highest BCUT2D eigenvalue weighted by molar-refractivity contribution is 5.98. The van der Waals surface area contributed by atoms with Gasteiger partial charge in [-0.1, -0.05) is 0 Å². The fourth-order valence-corrected chi connectivity index (χ4v) is 6.53. The molecule has 0 bridgehead atoms. The Morgan fingerprint density at radius 3 is 1.79 bits per heavy atom. The number of aliphatic hydroxyl groups excluding tert-OH is 1. The lowest BCUT2D eigenvalue weighted by Gasteiger charge is -2.34. The fraction of sp³-hybridized carbons (Fsp3) is 0.167. The summed E-state index contributed by atoms with van der Waals surface area (Å²) in [6, 6.07) is 9.16. The molecule has 0 saturated heterocycles. The zero-order valence-corrected chi connectivity index (χ0v) is 26.4. The minimum Gasteiger partial charge on any atom is -0.508 e. The van der Waals surface area contributed by atoms with Crippen LogP contribution in [0.2, 0.25) is 0 Å². The fourth-order valence-electron chi connectivity index (χ4n) is 6.53. The average Bonchev–Trinajstić information content (AvgIpc) is 3.20. The quantitative estimate of drug-likeness (QED) is 0.0940. The van der Waals surface area contributed by atoms with Gasteiger partial charge in [0.2, 0.25) is 5.43 Å². The summed E-state index contributed by atoms with van der Waals surface area (Å²) >= 11 is 0. The minimum absolute atomic E-state index is 0.0221. The Hall–Kier alpha value is -6.94. The molecule has 268 valence electrons. The van der Waals surface area contributed by atoms with Crippen molar-refractivity contribution in [2.24, 2.45) is 0 Å². The topological polar surface area (TPSA) is 284 Å². The van der Waals surface area contributed by atoms with E-state index in [0.717, 1.165) is 42.5 Å². The van der Waals surface area contributed by atoms with Crippen molar-refractivity contribution < 1.29 is 75.2 Å². The maximum atomic E-state index is 13.4. The van der Waals surface area contributed by atoms with Crippen molar-refractivity contribution in [3.8, 4) is 69.0 Å². The lowest BCUT2D eigenvalue weighted by atomic mass is 9.89. The molecule has 16 heteroatoms. The van der Waals surface area contributed by atoms with Crippen LogP contribution in [-0.2, 0) is 17.6 Å². The van der Waals surface area contributed by atoms with Crippen molar-refractivity contribution in [1.82, 2.24) is 0 Å². The Morgan fingerprint density at radius 2 is 1.17 bits per heavy atom. The summed E-state index contributed by atoms with van der Waals surface area (Å²) in [7, 11) is 0. The van der Waals surface area contributed by atoms with Crippen molar-refractivity contribution >= 4 is 16.7 Å². The Bertz CT molecular complexity index is 2370. The predicted molar refractivity (Wildman–Crippen MR) is 176 cm³/mol. The maximum Gasteiger partial charge on any atom is 0.338 e. The van der Waals surface area contributed by atoms with E-state index in [1.54, 1.807) is 0 Å². The van der Waals surface area contributed by atoms with Crippen LogP contribution < -0.4 is 14.9 Å². The predicted octanol–water partition coefficient (Wildman–Crippen LogP) is 3.19. The molecule has 2 aliphatic heterocycles. The van der Waals surface area contributed by atoms with Gasteiger partial charge in [-0.25, -0.2) is 4.79 Å². The highest BCUT2D eigenvalue weighted by Gasteiger charge is 2.39. The Morgan fingerprint density at radius 1 is 0.615 bits per heavy atom. The number of aromatic hydroxyl groups is 10. The van der Waals surface area contributed by atoms with Crippen LogP contribution in [0.5, 0.6) is 69.0 Å². The molecule has 2 heterocycles. The molecule has 11 N–H and O–H groups in total. The van der Waals surface area contributed by atoms with Gasteiger partial charge in [-0.3, -0.25) is 4.79 Å². The summed E-state index contributed by atoms with van der Waals surface area (Å²) in [5.74, 6) is -8.30. The van der Waals surface area contributed by atoms with Gasteiger partial charge in [0, 0.05) is 53.8 Å². The number of benzene rings is 4. The standard InChI is InChI=1S/C36H28O16/c37-14-5-20(39)18-10-26(45)34(50-27(18)7-14)12-1-16-17(9-25(44)33(48)30(16)32(47)24(43)2-12)35-29(11-19-21(40)6-15(38)8-28(19)51-35)52-36(49)13-3-22(41)31(46)23(42)4-13/h1-9,26,29,34-35,37-42,44-46,48H,10-11H2,(H,43,47)/t26-,29-,34-,35-/m0/s1. The van der Waals surface area contributed by atoms with Crippen molar-refractivity contribution in [3.05, 3.63) is 92.6 Å². The Labute approximate surface area is 290 Å². The van der Waals surface area contributed by atoms with E-state index >= 15 is 0 Å². The largest absolute Gasteiger partial charge is 0.508 e. The highest BCUT2D eigenvalue weighted by Crippen LogP contribution is 2.49. The van der Waals surface area contributed by atoms with Gasteiger partial charge in [0.1, 0.15) is 46.7 Å². The Balaban J connectivity index is 1.42. The number of rotatable bonds is 4. The molecule has 0 radical (unpaired) electrons. The van der Waals surface area contributed by atoms with E-state index < -0.39 is 92.8 Å². The number of fused-ring (bicyclic) bond motifs is 3. The Kier molecular flexibility index (Phi) is 7.83. The SMILES string of the molecule is O=C(O[C@H]1Cc2c(O)cc(O)cc2O[C@H]1c1cc(O)c(O)c2c(O)c(=O)cc([C@@H]3Oc4cc(O)cc(O)c4C[C@@H]3O)cc12)c1cc(O)c(O)c(O)c1. The number of aliphatic hydroxyl groups is 1. The summed E-state index contributed by atoms with van der Waals surface area (Å²) in [5.41, 5.74) is -1.50. The van der Waals surface area contributed by atoms with Crippen LogP contribution in [-0.4, -0.2) is 74.3 Å². The molecule has 0 fully saturated rings. The first-order chi connectivity index (χ1) is 24.6. The second-order valence-electron chi connectivity index (χ2n) is 12.4. The van der Waals surface area contributed by atoms with E-state index in [-0.39, 0.29) is 63.5 Å². The van der Waals surface area contributed by atoms with Gasteiger partial charge in [-0.05, 0) is 41.3 Å². The van der Waals surface area contributed by atoms with Crippen LogP contribution in [0.15, 0.2) is 59.4 Å². The smallest absolute Gasteiger partial charge is 0.338 e. The van der Waals surface area contributed by atoms with E-state index in [2.05, 4.69) is 0 Å². The molecule has 16 nitrogen and oxygen atoms in total. The van der Waals surface area contributed by atoms with Crippen LogP contribution in [0.25, 0.3) is 10.8 Å². The van der Waals surface area contributed by atoms with Gasteiger partial charge in [0.25, 0.3) is 0 Å². The number of hydrogen-bond acceptors (Lipinski definition) is 16. The molecule has 0 amide bonds. The molecule has 5 aromatic rings. The van der Waals surface area contributed by atoms with Crippen LogP contribution in [0.3, 0.4) is 0 Å². The first-order valence-electron chi connectivity index (χ1n) is 15.4. The molecule has 0 unspecified atom stereocenters. The second kappa shape index (κ2) is 12.1. The average molecular weight is 717 g/mol. The van der Waals surface area contributed by atoms with E-state index in [1.807, 2.05) is 0 Å². The molecule has 0 aliphatic carbocycles. The maximum absolute atomic E-state index is 13.4. The van der Waals surface area contributed by atoms with Crippen molar-refractivity contribution in [2.75, 3.05) is 0 Å². The molecule has 2 aliphatic rings. The number of carbonyl (C=O) groups is 1. The van der Waals surface area contributed by atoms with Crippen LogP contribution in [0, 0.1) is 0 Å². The molecule has 5 aromatic carbocycles. The van der Waals surface area contributed by atoms with Crippen molar-refractivity contribution in [3.63, 3.8) is 0 Å². The van der Waals surface area contributed by atoms with E-state index in [1.165, 1.54) is 12.1 Å². The van der Waals surface area contributed by atoms with Crippen molar-refractivity contribution in [1.29, 1.82) is 0 Å². The third-order valence-corrected chi connectivity index (χ3v) is 8.98. The van der Waals surface area contributed by atoms with Gasteiger partial charge in [-0.15, -0.1) is 0 Å². The van der Waals surface area contributed by atoms with Crippen LogP contribution in [0.1, 0.15) is 44.8 Å². The molecule has 0 saturated carbocycles. The lowest BCUT2D eigenvalue weighted by molar-refractivity contribution is -0.0184. The normalized spacial score (nSPS) is 19.2. The summed E-state index contributed by atoms with van der Waals surface area (Å²) < 4.78 is 17.8. The van der Waals surface area contributed by atoms with Gasteiger partial charge >= 0.3 is 5.97 Å². The number of carbonyl (C=O) groups excluding carboxylic acids is 1. The number of esters is 1. The summed E-state index contributed by atoms with van der Waals surface area (Å²) in [4.78, 5) is 26.7. The zero-order valence-electron chi connectivity index (χ0n) is 26.4. The third-order valence-electron chi connectivity index (χ3n) is 8.98. The number of ether oxygens (including phenoxy) is 3. The van der Waals surface area contributed by atoms with Gasteiger partial charge in [0.05, 0.1) is 17.1 Å². The molecule has 7 rings (SSSR count). The monoisotopic (exact) mass is 716 g/mol. The van der Waals surface area contributed by atoms with Crippen molar-refractivity contribution in [2.45, 2.75) is 37.3 Å². The lowest BCUT2D eigenvalue weighted by Crippen LogP contribution is -2.35. The van der Waals surface area contributed by atoms with Gasteiger partial charge in [-0.2, -0.15) is 0 Å². The first kappa shape index (κ1) is 33.6. The first-order valence-corrected chi connectivity index (χ1v) is 15.4. The number of phenolic OH excluding ortho intramolecular Hbond substituents is 9. The summed E-state index contributed by atoms with van der Waals surface area (Å²) in [6.07, 6.45) is -6.29. The minimum atomic E-state index is -1.53. The molecular formula is C36H28O16. The molecule has 0 spiro atoms. The second-order valence-corrected chi connectivity index (χ2v) is 12.4. The summed E-state index contributed by atoms with van der Waals surface area (Å²) in [5, 5.41) is 114. The summed E-state index contributed by atoms with van der Waals surface area (Å²) in [6.45, 7) is 0. The highest BCUT2D eigenvalue weighted by atomic mass is 16.6. The third kappa shape index (κ3) is 5.56. The van der Waals surface area contributed by atoms with Crippen LogP contribution >= 0.6 is 0 Å². The van der Waals surface area contributed by atoms with Gasteiger partial charge in [0.15, 0.2) is 40.6 Å². The van der Waals surface area contributed by atoms with E-state index in [9.17, 15) is 65.8 Å². The van der Waals surface area contributed by atoms with E-state index in [0.29, 0.717) is 0 Å². The van der Waals surface area contributed by atoms with E-state index in [4.69, 9.17) is 14.2 Å². The molecule has 0 aromatic heterocycles. The number of hydrogen-bond donors (Lipinski definition) is 11. The van der Waals surface area contributed by atoms with Crippen LogP contribution in [0.4, 0.5) is 0 Å². The molecule has 4 atom stereocenters. The zero-order chi connectivity index (χ0) is 37.3.